The minimum atomic E-state index is -0.293. The van der Waals surface area contributed by atoms with Crippen LogP contribution in [0.15, 0.2) is 36.7 Å². The molecule has 19 heavy (non-hydrogen) atoms. The summed E-state index contributed by atoms with van der Waals surface area (Å²) in [6.45, 7) is 8.09. The highest BCUT2D eigenvalue weighted by atomic mass is 19.1. The highest BCUT2D eigenvalue weighted by molar-refractivity contribution is 5.26. The zero-order valence-electron chi connectivity index (χ0n) is 11.7. The molecule has 1 heterocycles. The topological polar surface area (TPSA) is 35.0 Å². The van der Waals surface area contributed by atoms with E-state index in [1.165, 1.54) is 12.1 Å². The van der Waals surface area contributed by atoms with E-state index in [9.17, 15) is 4.39 Å². The van der Waals surface area contributed by atoms with Gasteiger partial charge in [0.05, 0.1) is 18.1 Å². The standard InChI is InChI=1S/C13H13FN2O.C2H6/c1-9(2)12-7-16-13(8-15-12)17-11-5-3-10(14)4-6-11;1-2/h3-9H,1-2H3;1-2H3. The third-order valence-corrected chi connectivity index (χ3v) is 2.28. The van der Waals surface area contributed by atoms with Gasteiger partial charge in [-0.25, -0.2) is 9.37 Å². The lowest BCUT2D eigenvalue weighted by Gasteiger charge is -2.06. The fourth-order valence-corrected chi connectivity index (χ4v) is 1.30. The molecule has 0 atom stereocenters. The van der Waals surface area contributed by atoms with Gasteiger partial charge in [0.25, 0.3) is 0 Å². The van der Waals surface area contributed by atoms with Crippen molar-refractivity contribution in [3.63, 3.8) is 0 Å². The monoisotopic (exact) mass is 262 g/mol. The van der Waals surface area contributed by atoms with E-state index in [1.807, 2.05) is 27.7 Å². The number of hydrogen-bond acceptors (Lipinski definition) is 3. The molecule has 0 amide bonds. The SMILES string of the molecule is CC.CC(C)c1cnc(Oc2ccc(F)cc2)cn1. The summed E-state index contributed by atoms with van der Waals surface area (Å²) in [6.07, 6.45) is 3.25. The molecule has 3 nitrogen and oxygen atoms in total. The molecule has 0 fully saturated rings. The molecule has 2 aromatic rings. The molecule has 2 rings (SSSR count). The number of nitrogens with zero attached hydrogens (tertiary/aromatic N) is 2. The number of benzene rings is 1. The van der Waals surface area contributed by atoms with E-state index in [2.05, 4.69) is 9.97 Å². The molecule has 0 aliphatic rings. The fraction of sp³-hybridized carbons (Fsp3) is 0.333. The van der Waals surface area contributed by atoms with Gasteiger partial charge < -0.3 is 4.74 Å². The average Bonchev–Trinajstić information content (AvgIpc) is 2.44. The Morgan fingerprint density at radius 1 is 1.00 bits per heavy atom. The fourth-order valence-electron chi connectivity index (χ4n) is 1.30. The molecule has 0 saturated carbocycles. The van der Waals surface area contributed by atoms with Gasteiger partial charge in [0.1, 0.15) is 11.6 Å². The Hall–Kier alpha value is -1.97. The molecular weight excluding hydrogens is 243 g/mol. The summed E-state index contributed by atoms with van der Waals surface area (Å²) in [5.41, 5.74) is 0.913. The van der Waals surface area contributed by atoms with E-state index in [1.54, 1.807) is 24.5 Å². The minimum absolute atomic E-state index is 0.293. The van der Waals surface area contributed by atoms with Crippen LogP contribution < -0.4 is 4.74 Å². The summed E-state index contributed by atoms with van der Waals surface area (Å²) in [5.74, 6) is 0.986. The van der Waals surface area contributed by atoms with Crippen molar-refractivity contribution in [2.24, 2.45) is 0 Å². The largest absolute Gasteiger partial charge is 0.438 e. The highest BCUT2D eigenvalue weighted by Gasteiger charge is 2.03. The molecule has 0 aliphatic carbocycles. The second-order valence-electron chi connectivity index (χ2n) is 3.99. The zero-order chi connectivity index (χ0) is 14.3. The van der Waals surface area contributed by atoms with Crippen molar-refractivity contribution < 1.29 is 9.13 Å². The molecule has 0 spiro atoms. The molecule has 0 aliphatic heterocycles. The van der Waals surface area contributed by atoms with Gasteiger partial charge >= 0.3 is 0 Å². The number of aromatic nitrogens is 2. The van der Waals surface area contributed by atoms with Crippen molar-refractivity contribution in [2.75, 3.05) is 0 Å². The quantitative estimate of drug-likeness (QED) is 0.813. The highest BCUT2D eigenvalue weighted by Crippen LogP contribution is 2.19. The summed E-state index contributed by atoms with van der Waals surface area (Å²) >= 11 is 0. The Morgan fingerprint density at radius 3 is 2.11 bits per heavy atom. The van der Waals surface area contributed by atoms with E-state index in [-0.39, 0.29) is 5.82 Å². The van der Waals surface area contributed by atoms with E-state index in [4.69, 9.17) is 4.74 Å². The molecule has 4 heteroatoms. The second-order valence-corrected chi connectivity index (χ2v) is 3.99. The van der Waals surface area contributed by atoms with Gasteiger partial charge in [0.2, 0.25) is 5.88 Å². The molecule has 1 aromatic heterocycles. The minimum Gasteiger partial charge on any atom is -0.438 e. The Morgan fingerprint density at radius 2 is 1.63 bits per heavy atom. The van der Waals surface area contributed by atoms with Crippen LogP contribution in [0.2, 0.25) is 0 Å². The molecule has 102 valence electrons. The zero-order valence-corrected chi connectivity index (χ0v) is 11.7. The molecule has 0 saturated heterocycles. The summed E-state index contributed by atoms with van der Waals surface area (Å²) in [6, 6.07) is 5.78. The maximum Gasteiger partial charge on any atom is 0.237 e. The summed E-state index contributed by atoms with van der Waals surface area (Å²) in [4.78, 5) is 8.37. The normalized spacial score (nSPS) is 9.79. The van der Waals surface area contributed by atoms with Crippen molar-refractivity contribution in [2.45, 2.75) is 33.6 Å². The van der Waals surface area contributed by atoms with Crippen LogP contribution in [0.4, 0.5) is 4.39 Å². The number of ether oxygens (including phenoxy) is 1. The van der Waals surface area contributed by atoms with Crippen molar-refractivity contribution in [3.05, 3.63) is 48.2 Å². The van der Waals surface area contributed by atoms with Crippen molar-refractivity contribution in [1.29, 1.82) is 0 Å². The Kier molecular flexibility index (Phi) is 5.93. The molecule has 1 aromatic carbocycles. The third kappa shape index (κ3) is 4.66. The molecule has 0 unspecified atom stereocenters. The van der Waals surface area contributed by atoms with Gasteiger partial charge in [0.15, 0.2) is 0 Å². The maximum absolute atomic E-state index is 12.7. The van der Waals surface area contributed by atoms with E-state index in [0.29, 0.717) is 17.5 Å². The number of halogens is 1. The Bertz CT molecular complexity index is 481. The predicted octanol–water partition coefficient (Wildman–Crippen LogP) is 4.56. The van der Waals surface area contributed by atoms with Gasteiger partial charge in [0, 0.05) is 0 Å². The van der Waals surface area contributed by atoms with Gasteiger partial charge in [-0.1, -0.05) is 27.7 Å². The van der Waals surface area contributed by atoms with Crippen LogP contribution >= 0.6 is 0 Å². The average molecular weight is 262 g/mol. The first-order valence-corrected chi connectivity index (χ1v) is 6.40. The van der Waals surface area contributed by atoms with E-state index in [0.717, 1.165) is 5.69 Å². The predicted molar refractivity (Wildman–Crippen MR) is 73.9 cm³/mol. The first kappa shape index (κ1) is 15.1. The lowest BCUT2D eigenvalue weighted by Crippen LogP contribution is -1.95. The molecule has 0 radical (unpaired) electrons. The molecule has 0 N–H and O–H groups in total. The van der Waals surface area contributed by atoms with Crippen LogP contribution in [-0.2, 0) is 0 Å². The number of hydrogen-bond donors (Lipinski definition) is 0. The lowest BCUT2D eigenvalue weighted by atomic mass is 10.1. The van der Waals surface area contributed by atoms with Crippen LogP contribution in [0, 0.1) is 5.82 Å². The van der Waals surface area contributed by atoms with Crippen molar-refractivity contribution in [1.82, 2.24) is 9.97 Å². The Balaban J connectivity index is 0.000000861. The summed E-state index contributed by atoms with van der Waals surface area (Å²) in [5, 5.41) is 0. The summed E-state index contributed by atoms with van der Waals surface area (Å²) < 4.78 is 18.1. The van der Waals surface area contributed by atoms with E-state index < -0.39 is 0 Å². The van der Waals surface area contributed by atoms with Crippen LogP contribution in [-0.4, -0.2) is 9.97 Å². The van der Waals surface area contributed by atoms with Gasteiger partial charge in [-0.2, -0.15) is 0 Å². The molecule has 0 bridgehead atoms. The maximum atomic E-state index is 12.7. The van der Waals surface area contributed by atoms with Crippen molar-refractivity contribution in [3.8, 4) is 11.6 Å². The molecular formula is C15H19FN2O. The second kappa shape index (κ2) is 7.46. The summed E-state index contributed by atoms with van der Waals surface area (Å²) in [7, 11) is 0. The first-order valence-electron chi connectivity index (χ1n) is 6.40. The van der Waals surface area contributed by atoms with Crippen LogP contribution in [0.1, 0.15) is 39.3 Å². The lowest BCUT2D eigenvalue weighted by molar-refractivity contribution is 0.457. The van der Waals surface area contributed by atoms with Gasteiger partial charge in [-0.15, -0.1) is 0 Å². The van der Waals surface area contributed by atoms with Gasteiger partial charge in [-0.05, 0) is 30.2 Å². The smallest absolute Gasteiger partial charge is 0.237 e. The van der Waals surface area contributed by atoms with Crippen molar-refractivity contribution >= 4 is 0 Å². The van der Waals surface area contributed by atoms with Crippen LogP contribution in [0.25, 0.3) is 0 Å². The first-order chi connectivity index (χ1) is 9.15. The third-order valence-electron chi connectivity index (χ3n) is 2.28. The Labute approximate surface area is 113 Å². The van der Waals surface area contributed by atoms with Crippen LogP contribution in [0.3, 0.4) is 0 Å². The van der Waals surface area contributed by atoms with Crippen LogP contribution in [0.5, 0.6) is 11.6 Å². The van der Waals surface area contributed by atoms with E-state index >= 15 is 0 Å². The van der Waals surface area contributed by atoms with Gasteiger partial charge in [-0.3, -0.25) is 4.98 Å². The number of rotatable bonds is 3.